The van der Waals surface area contributed by atoms with Gasteiger partial charge in [-0.05, 0) is 108 Å². The number of nitrogens with one attached hydrogen (secondary N) is 1. The topological polar surface area (TPSA) is 65.0 Å². The number of aromatic nitrogens is 4. The fourth-order valence-corrected chi connectivity index (χ4v) is 6.49. The summed E-state index contributed by atoms with van der Waals surface area (Å²) in [5, 5.41) is 0. The van der Waals surface area contributed by atoms with Gasteiger partial charge in [0, 0.05) is 29.4 Å². The van der Waals surface area contributed by atoms with Gasteiger partial charge < -0.3 is 14.5 Å². The van der Waals surface area contributed by atoms with Gasteiger partial charge in [-0.3, -0.25) is 4.57 Å². The van der Waals surface area contributed by atoms with E-state index in [4.69, 9.17) is 21.1 Å². The van der Waals surface area contributed by atoms with Crippen LogP contribution in [0.5, 0.6) is 0 Å². The van der Waals surface area contributed by atoms with E-state index in [2.05, 4.69) is 150 Å². The van der Waals surface area contributed by atoms with Crippen molar-refractivity contribution in [2.75, 3.05) is 19.3 Å². The van der Waals surface area contributed by atoms with Crippen molar-refractivity contribution in [2.45, 2.75) is 58.1 Å². The molecular weight excluding hydrogens is 875 g/mol. The maximum absolute atomic E-state index is 5.65. The lowest BCUT2D eigenvalue weighted by atomic mass is 10.8. The highest BCUT2D eigenvalue weighted by molar-refractivity contribution is 9.13. The summed E-state index contributed by atoms with van der Waals surface area (Å²) >= 11 is 25.1. The average Bonchev–Trinajstić information content (AvgIpc) is 3.08. The Morgan fingerprint density at radius 3 is 1.64 bits per heavy atom. The van der Waals surface area contributed by atoms with Gasteiger partial charge in [-0.15, -0.1) is 0 Å². The SMILES string of the molecule is Brc1nc(Br)c(Br)[nH]1.C[Si](C)(C)CCOCCl.C[Si](C)(C)CCOCn1c(Br)nc(Br)c1Br. The zero-order valence-corrected chi connectivity index (χ0v) is 31.8. The molecule has 0 atom stereocenters. The van der Waals surface area contributed by atoms with Gasteiger partial charge in [0.05, 0.1) is 0 Å². The normalized spacial score (nSPS) is 11.5. The van der Waals surface area contributed by atoms with Gasteiger partial charge in [0.25, 0.3) is 0 Å². The molecule has 0 aliphatic carbocycles. The Kier molecular flexibility index (Phi) is 18.5. The van der Waals surface area contributed by atoms with Crippen LogP contribution in [0.25, 0.3) is 0 Å². The molecule has 2 aromatic heterocycles. The van der Waals surface area contributed by atoms with Gasteiger partial charge in [-0.1, -0.05) is 50.9 Å². The minimum absolute atomic E-state index is 0.338. The van der Waals surface area contributed by atoms with Crippen LogP contribution in [0.1, 0.15) is 0 Å². The molecule has 0 aromatic carbocycles. The number of hydrogen-bond acceptors (Lipinski definition) is 4. The molecule has 2 rings (SSSR count). The lowest BCUT2D eigenvalue weighted by Gasteiger charge is -2.15. The van der Waals surface area contributed by atoms with Crippen molar-refractivity contribution in [2.24, 2.45) is 0 Å². The van der Waals surface area contributed by atoms with Crippen molar-refractivity contribution in [1.29, 1.82) is 0 Å². The molecule has 0 aliphatic heterocycles. The average molecular weight is 907 g/mol. The largest absolute Gasteiger partial charge is 0.366 e. The fraction of sp³-hybridized carbons (Fsp3) is 0.667. The molecule has 0 aliphatic rings. The van der Waals surface area contributed by atoms with E-state index >= 15 is 0 Å². The van der Waals surface area contributed by atoms with Crippen molar-refractivity contribution < 1.29 is 9.47 Å². The molecule has 1 N–H and O–H groups in total. The second-order valence-corrected chi connectivity index (χ2v) is 25.2. The molecule has 0 amide bonds. The number of nitrogens with zero attached hydrogens (tertiary/aromatic N) is 3. The summed E-state index contributed by atoms with van der Waals surface area (Å²) < 4.78 is 17.4. The second kappa shape index (κ2) is 17.5. The molecular formula is C18H31Br6ClN4O2Si2. The summed E-state index contributed by atoms with van der Waals surface area (Å²) in [6, 6.07) is 2.72. The Labute approximate surface area is 254 Å². The summed E-state index contributed by atoms with van der Waals surface area (Å²) in [5.41, 5.74) is 0. The molecule has 192 valence electrons. The Bertz CT molecular complexity index is 809. The fourth-order valence-electron chi connectivity index (χ4n) is 1.76. The van der Waals surface area contributed by atoms with E-state index in [0.717, 1.165) is 41.1 Å². The molecule has 0 unspecified atom stereocenters. The van der Waals surface area contributed by atoms with Gasteiger partial charge in [-0.2, -0.15) is 0 Å². The Hall–Kier alpha value is 1.94. The first-order valence-corrected chi connectivity index (χ1v) is 22.6. The molecule has 2 heterocycles. The highest BCUT2D eigenvalue weighted by Gasteiger charge is 2.14. The van der Waals surface area contributed by atoms with Crippen molar-refractivity contribution in [3.05, 3.63) is 27.9 Å². The third kappa shape index (κ3) is 17.9. The zero-order chi connectivity index (χ0) is 25.8. The van der Waals surface area contributed by atoms with Crippen LogP contribution in [0, 0.1) is 0 Å². The molecule has 33 heavy (non-hydrogen) atoms. The lowest BCUT2D eigenvalue weighted by molar-refractivity contribution is 0.0841. The van der Waals surface area contributed by atoms with Crippen LogP contribution < -0.4 is 0 Å². The first-order chi connectivity index (χ1) is 15.1. The van der Waals surface area contributed by atoms with Crippen LogP contribution in [0.4, 0.5) is 0 Å². The number of rotatable bonds is 9. The van der Waals surface area contributed by atoms with Crippen molar-refractivity contribution >= 4 is 123 Å². The molecule has 0 saturated carbocycles. The van der Waals surface area contributed by atoms with Crippen LogP contribution in [0.2, 0.25) is 51.4 Å². The van der Waals surface area contributed by atoms with Crippen LogP contribution in [-0.2, 0) is 16.2 Å². The van der Waals surface area contributed by atoms with Crippen LogP contribution in [0.3, 0.4) is 0 Å². The Balaban J connectivity index is 0.000000510. The van der Waals surface area contributed by atoms with Crippen LogP contribution >= 0.6 is 107 Å². The molecule has 15 heteroatoms. The summed E-state index contributed by atoms with van der Waals surface area (Å²) in [6.45, 7) is 16.2. The number of ether oxygens (including phenoxy) is 2. The molecule has 2 aromatic rings. The minimum Gasteiger partial charge on any atom is -0.366 e. The third-order valence-corrected chi connectivity index (χ3v) is 11.8. The maximum atomic E-state index is 5.65. The number of H-pyrrole nitrogens is 1. The van der Waals surface area contributed by atoms with E-state index in [-0.39, 0.29) is 0 Å². The summed E-state index contributed by atoms with van der Waals surface area (Å²) in [6.07, 6.45) is 0. The molecule has 0 fully saturated rings. The second-order valence-electron chi connectivity index (χ2n) is 9.20. The summed E-state index contributed by atoms with van der Waals surface area (Å²) in [5.74, 6) is 0. The van der Waals surface area contributed by atoms with Crippen molar-refractivity contribution in [3.63, 3.8) is 0 Å². The highest BCUT2D eigenvalue weighted by atomic mass is 79.9. The summed E-state index contributed by atoms with van der Waals surface area (Å²) in [7, 11) is -1.88. The highest BCUT2D eigenvalue weighted by Crippen LogP contribution is 2.26. The van der Waals surface area contributed by atoms with E-state index in [9.17, 15) is 0 Å². The van der Waals surface area contributed by atoms with Gasteiger partial charge >= 0.3 is 0 Å². The van der Waals surface area contributed by atoms with E-state index < -0.39 is 16.1 Å². The van der Waals surface area contributed by atoms with Gasteiger partial charge in [0.1, 0.15) is 31.2 Å². The zero-order valence-electron chi connectivity index (χ0n) is 19.5. The van der Waals surface area contributed by atoms with E-state index in [0.29, 0.717) is 12.8 Å². The number of imidazole rings is 2. The first-order valence-electron chi connectivity index (χ1n) is 9.92. The predicted octanol–water partition coefficient (Wildman–Crippen LogP) is 9.72. The number of halogens is 7. The maximum Gasteiger partial charge on any atom is 0.181 e. The van der Waals surface area contributed by atoms with Crippen LogP contribution in [0.15, 0.2) is 27.9 Å². The number of hydrogen-bond donors (Lipinski definition) is 1. The van der Waals surface area contributed by atoms with Crippen LogP contribution in [-0.4, -0.2) is 54.9 Å². The molecule has 0 bridgehead atoms. The van der Waals surface area contributed by atoms with Gasteiger partial charge in [-0.25, -0.2) is 9.97 Å². The van der Waals surface area contributed by atoms with E-state index in [1.165, 1.54) is 12.1 Å². The number of alkyl halides is 1. The molecule has 0 saturated heterocycles. The van der Waals surface area contributed by atoms with E-state index in [1.54, 1.807) is 0 Å². The quantitative estimate of drug-likeness (QED) is 0.155. The molecule has 0 radical (unpaired) electrons. The Morgan fingerprint density at radius 1 is 0.818 bits per heavy atom. The lowest BCUT2D eigenvalue weighted by Crippen LogP contribution is -2.22. The first kappa shape index (κ1) is 34.9. The standard InChI is InChI=1S/C9H15Br3N2OSi.C6H15ClOSi.C3HBr3N2/c1-16(2,3)5-4-15-6-14-8(11)7(10)13-9(14)12;1-9(2,3)5-4-8-6-7;4-1-2(5)8-3(6)7-1/h4-6H2,1-3H3;4-6H2,1-3H3;(H,7,8). The molecule has 0 spiro atoms. The smallest absolute Gasteiger partial charge is 0.181 e. The van der Waals surface area contributed by atoms with E-state index in [1.807, 2.05) is 4.57 Å². The van der Waals surface area contributed by atoms with Crippen molar-refractivity contribution in [1.82, 2.24) is 19.5 Å². The summed E-state index contributed by atoms with van der Waals surface area (Å²) in [4.78, 5) is 11.0. The number of aromatic amines is 1. The van der Waals surface area contributed by atoms with Gasteiger partial charge in [0.2, 0.25) is 0 Å². The Morgan fingerprint density at radius 2 is 1.33 bits per heavy atom. The monoisotopic (exact) mass is 900 g/mol. The third-order valence-electron chi connectivity index (χ3n) is 3.70. The van der Waals surface area contributed by atoms with Crippen molar-refractivity contribution in [3.8, 4) is 0 Å². The predicted molar refractivity (Wildman–Crippen MR) is 166 cm³/mol. The molecule has 6 nitrogen and oxygen atoms in total. The minimum atomic E-state index is -1.000. The van der Waals surface area contributed by atoms with Gasteiger partial charge in [0.15, 0.2) is 9.47 Å².